The quantitative estimate of drug-likeness (QED) is 0.722. The van der Waals surface area contributed by atoms with Crippen LogP contribution < -0.4 is 0 Å². The summed E-state index contributed by atoms with van der Waals surface area (Å²) in [6.45, 7) is 1.44. The Hall–Kier alpha value is -0.720. The molecule has 0 spiro atoms. The number of hydrogen-bond acceptors (Lipinski definition) is 3. The first-order valence-electron chi connectivity index (χ1n) is 2.89. The van der Waals surface area contributed by atoms with Crippen LogP contribution >= 0.6 is 0 Å². The summed E-state index contributed by atoms with van der Waals surface area (Å²) in [5.74, 6) is -5.45. The number of carboxylic acid groups (broad SMARTS) is 1. The van der Waals surface area contributed by atoms with E-state index < -0.39 is 26.3 Å². The molecule has 0 amide bonds. The van der Waals surface area contributed by atoms with Crippen LogP contribution in [0.25, 0.3) is 0 Å². The molecule has 0 fully saturated rings. The Morgan fingerprint density at radius 1 is 1.42 bits per heavy atom. The molecule has 0 aliphatic carbocycles. The van der Waals surface area contributed by atoms with Gasteiger partial charge in [0.15, 0.2) is 4.75 Å². The van der Waals surface area contributed by atoms with Gasteiger partial charge >= 0.3 is 11.7 Å². The Balaban J connectivity index is 5.19. The molecule has 0 aliphatic heterocycles. The lowest BCUT2D eigenvalue weighted by Crippen LogP contribution is -2.43. The third kappa shape index (κ3) is 1.55. The summed E-state index contributed by atoms with van der Waals surface area (Å²) in [7, 11) is -4.91. The van der Waals surface area contributed by atoms with Crippen LogP contribution in [0.1, 0.15) is 13.8 Å². The molecule has 0 saturated heterocycles. The van der Waals surface area contributed by atoms with Gasteiger partial charge in [-0.15, -0.1) is 0 Å². The maximum atomic E-state index is 11.8. The zero-order chi connectivity index (χ0) is 10.2. The molecule has 0 aromatic carbocycles. The van der Waals surface area contributed by atoms with Gasteiger partial charge in [-0.05, 0) is 13.8 Å². The van der Waals surface area contributed by atoms with Crippen molar-refractivity contribution in [3.8, 4) is 0 Å². The first kappa shape index (κ1) is 11.3. The third-order valence-electron chi connectivity index (χ3n) is 1.46. The molecular weight excluding hydrogens is 194 g/mol. The summed E-state index contributed by atoms with van der Waals surface area (Å²) in [5, 5.41) is 8.31. The van der Waals surface area contributed by atoms with Crippen LogP contribution in [0.4, 0.5) is 8.78 Å². The first-order chi connectivity index (χ1) is 5.14. The summed E-state index contributed by atoms with van der Waals surface area (Å²) in [6, 6.07) is 0. The maximum absolute atomic E-state index is 11.8. The zero-order valence-electron chi connectivity index (χ0n) is 6.41. The number of hydrogen-bond donors (Lipinski definition) is 1. The Morgan fingerprint density at radius 3 is 1.83 bits per heavy atom. The lowest BCUT2D eigenvalue weighted by Gasteiger charge is -2.18. The molecule has 0 rings (SSSR count). The SMILES string of the molecule is CC(C)(C(=O)O)S(=O)(=O)C(F)F. The van der Waals surface area contributed by atoms with Crippen LogP contribution in [0.15, 0.2) is 0 Å². The summed E-state index contributed by atoms with van der Waals surface area (Å²) in [6.07, 6.45) is 0. The average molecular weight is 202 g/mol. The summed E-state index contributed by atoms with van der Waals surface area (Å²) < 4.78 is 42.5. The predicted octanol–water partition coefficient (Wildman–Crippen LogP) is 0.487. The Kier molecular flexibility index (Phi) is 2.79. The molecule has 12 heavy (non-hydrogen) atoms. The third-order valence-corrected chi connectivity index (χ3v) is 3.53. The van der Waals surface area contributed by atoms with Crippen molar-refractivity contribution in [1.82, 2.24) is 0 Å². The summed E-state index contributed by atoms with van der Waals surface area (Å²) in [4.78, 5) is 10.3. The molecule has 0 radical (unpaired) electrons. The molecule has 0 aromatic rings. The fraction of sp³-hybridized carbons (Fsp3) is 0.800. The van der Waals surface area contributed by atoms with Crippen LogP contribution in [0, 0.1) is 0 Å². The maximum Gasteiger partial charge on any atom is 0.337 e. The smallest absolute Gasteiger partial charge is 0.337 e. The highest BCUT2D eigenvalue weighted by Gasteiger charge is 2.47. The molecule has 0 atom stereocenters. The van der Waals surface area contributed by atoms with E-state index in [1.165, 1.54) is 0 Å². The van der Waals surface area contributed by atoms with Gasteiger partial charge in [0.05, 0.1) is 0 Å². The fourth-order valence-electron chi connectivity index (χ4n) is 0.344. The Labute approximate surface area is 68.1 Å². The minimum atomic E-state index is -4.91. The van der Waals surface area contributed by atoms with Gasteiger partial charge in [-0.3, -0.25) is 4.79 Å². The van der Waals surface area contributed by atoms with Crippen molar-refractivity contribution in [1.29, 1.82) is 0 Å². The molecule has 0 bridgehead atoms. The van der Waals surface area contributed by atoms with E-state index in [1.54, 1.807) is 0 Å². The number of sulfone groups is 1. The Morgan fingerprint density at radius 2 is 1.75 bits per heavy atom. The lowest BCUT2D eigenvalue weighted by atomic mass is 10.2. The number of aliphatic carboxylic acids is 1. The van der Waals surface area contributed by atoms with E-state index in [4.69, 9.17) is 5.11 Å². The molecular formula is C5H8F2O4S. The standard InChI is InChI=1S/C5H8F2O4S/c1-5(2,3(8)9)12(10,11)4(6)7/h4H,1-2H3,(H,8,9). The zero-order valence-corrected chi connectivity index (χ0v) is 7.23. The van der Waals surface area contributed by atoms with Crippen molar-refractivity contribution < 1.29 is 27.1 Å². The molecule has 1 N–H and O–H groups in total. The normalized spacial score (nSPS) is 13.4. The first-order valence-corrected chi connectivity index (χ1v) is 4.43. The van der Waals surface area contributed by atoms with E-state index >= 15 is 0 Å². The molecule has 4 nitrogen and oxygen atoms in total. The second kappa shape index (κ2) is 2.96. The van der Waals surface area contributed by atoms with Crippen molar-refractivity contribution in [3.05, 3.63) is 0 Å². The highest BCUT2D eigenvalue weighted by molar-refractivity contribution is 7.93. The van der Waals surface area contributed by atoms with E-state index in [-0.39, 0.29) is 0 Å². The average Bonchev–Trinajstić information content (AvgIpc) is 1.86. The minimum absolute atomic E-state index is 0.719. The monoisotopic (exact) mass is 202 g/mol. The lowest BCUT2D eigenvalue weighted by molar-refractivity contribution is -0.139. The molecule has 7 heteroatoms. The summed E-state index contributed by atoms with van der Waals surface area (Å²) >= 11 is 0. The van der Waals surface area contributed by atoms with Gasteiger partial charge in [-0.25, -0.2) is 8.42 Å². The van der Waals surface area contributed by atoms with E-state index in [0.29, 0.717) is 0 Å². The van der Waals surface area contributed by atoms with Crippen LogP contribution in [-0.4, -0.2) is 30.0 Å². The van der Waals surface area contributed by atoms with E-state index in [1.807, 2.05) is 0 Å². The van der Waals surface area contributed by atoms with Gasteiger partial charge in [0.1, 0.15) is 0 Å². The van der Waals surface area contributed by atoms with E-state index in [2.05, 4.69) is 0 Å². The van der Waals surface area contributed by atoms with Gasteiger partial charge in [0.25, 0.3) is 0 Å². The van der Waals surface area contributed by atoms with E-state index in [9.17, 15) is 22.0 Å². The van der Waals surface area contributed by atoms with Crippen LogP contribution in [0.2, 0.25) is 0 Å². The van der Waals surface area contributed by atoms with Crippen molar-refractivity contribution in [2.45, 2.75) is 24.4 Å². The molecule has 0 aromatic heterocycles. The second-order valence-corrected chi connectivity index (χ2v) is 5.09. The summed E-state index contributed by atoms with van der Waals surface area (Å²) in [5.41, 5.74) is 0. The molecule has 0 heterocycles. The highest BCUT2D eigenvalue weighted by atomic mass is 32.2. The molecule has 72 valence electrons. The van der Waals surface area contributed by atoms with Crippen molar-refractivity contribution >= 4 is 15.8 Å². The van der Waals surface area contributed by atoms with Crippen molar-refractivity contribution in [3.63, 3.8) is 0 Å². The van der Waals surface area contributed by atoms with Crippen LogP contribution in [0.3, 0.4) is 0 Å². The minimum Gasteiger partial charge on any atom is -0.480 e. The van der Waals surface area contributed by atoms with E-state index in [0.717, 1.165) is 13.8 Å². The number of rotatable bonds is 3. The Bertz CT molecular complexity index is 280. The molecule has 0 unspecified atom stereocenters. The highest BCUT2D eigenvalue weighted by Crippen LogP contribution is 2.23. The van der Waals surface area contributed by atoms with Gasteiger partial charge in [0.2, 0.25) is 9.84 Å². The fourth-order valence-corrected chi connectivity index (χ4v) is 1.03. The van der Waals surface area contributed by atoms with Gasteiger partial charge < -0.3 is 5.11 Å². The molecule has 0 aliphatic rings. The van der Waals surface area contributed by atoms with Crippen molar-refractivity contribution in [2.24, 2.45) is 0 Å². The number of alkyl halides is 2. The van der Waals surface area contributed by atoms with Crippen molar-refractivity contribution in [2.75, 3.05) is 0 Å². The number of carbonyl (C=O) groups is 1. The van der Waals surface area contributed by atoms with Crippen LogP contribution in [-0.2, 0) is 14.6 Å². The number of carboxylic acids is 1. The van der Waals surface area contributed by atoms with Gasteiger partial charge in [-0.2, -0.15) is 8.78 Å². The van der Waals surface area contributed by atoms with Crippen LogP contribution in [0.5, 0.6) is 0 Å². The topological polar surface area (TPSA) is 71.4 Å². The van der Waals surface area contributed by atoms with Gasteiger partial charge in [0, 0.05) is 0 Å². The molecule has 0 saturated carbocycles. The second-order valence-electron chi connectivity index (χ2n) is 2.62. The largest absolute Gasteiger partial charge is 0.480 e. The number of halogens is 2. The predicted molar refractivity (Wildman–Crippen MR) is 36.6 cm³/mol. The van der Waals surface area contributed by atoms with Gasteiger partial charge in [-0.1, -0.05) is 0 Å².